The third-order valence-electron chi connectivity index (χ3n) is 2.15. The summed E-state index contributed by atoms with van der Waals surface area (Å²) in [5.41, 5.74) is 7.60. The number of thiazole rings is 1. The molecule has 4 heteroatoms. The van der Waals surface area contributed by atoms with Crippen LogP contribution in [0.25, 0.3) is 10.2 Å². The molecule has 0 saturated heterocycles. The highest BCUT2D eigenvalue weighted by molar-refractivity contribution is 7.22. The summed E-state index contributed by atoms with van der Waals surface area (Å²) in [5.74, 6) is 0.621. The minimum Gasteiger partial charge on any atom is -0.508 e. The van der Waals surface area contributed by atoms with Crippen molar-refractivity contribution in [2.75, 3.05) is 5.73 Å². The molecule has 2 rings (SSSR count). The number of phenolic OH excluding ortho intramolecular Hbond substituents is 1. The molecule has 0 aliphatic carbocycles. The van der Waals surface area contributed by atoms with Gasteiger partial charge in [-0.05, 0) is 23.6 Å². The lowest BCUT2D eigenvalue weighted by Crippen LogP contribution is -1.89. The standard InChI is InChI=1S/C10H12N2OS/c1-5(2)7-3-6(13)4-8-9(7)12-10(11)14-8/h3-5,13H,1-2H3,(H2,11,12). The molecule has 1 aromatic heterocycles. The van der Waals surface area contributed by atoms with E-state index in [4.69, 9.17) is 5.73 Å². The van der Waals surface area contributed by atoms with Gasteiger partial charge in [-0.25, -0.2) is 4.98 Å². The Labute approximate surface area is 86.2 Å². The van der Waals surface area contributed by atoms with Crippen molar-refractivity contribution in [1.82, 2.24) is 4.98 Å². The molecule has 0 saturated carbocycles. The molecular weight excluding hydrogens is 196 g/mol. The molecule has 0 atom stereocenters. The largest absolute Gasteiger partial charge is 0.508 e. The maximum absolute atomic E-state index is 9.51. The molecule has 0 fully saturated rings. The Morgan fingerprint density at radius 3 is 2.79 bits per heavy atom. The number of aromatic nitrogens is 1. The van der Waals surface area contributed by atoms with Gasteiger partial charge in [-0.15, -0.1) is 0 Å². The van der Waals surface area contributed by atoms with Crippen LogP contribution in [0.15, 0.2) is 12.1 Å². The molecule has 0 bridgehead atoms. The molecule has 0 aliphatic rings. The lowest BCUT2D eigenvalue weighted by Gasteiger charge is -2.06. The second-order valence-corrected chi connectivity index (χ2v) is 4.65. The first-order valence-corrected chi connectivity index (χ1v) is 5.28. The molecule has 3 N–H and O–H groups in total. The first kappa shape index (κ1) is 9.27. The summed E-state index contributed by atoms with van der Waals surface area (Å²) in [6.45, 7) is 4.15. The third kappa shape index (κ3) is 1.42. The number of rotatable bonds is 1. The van der Waals surface area contributed by atoms with Gasteiger partial charge >= 0.3 is 0 Å². The van der Waals surface area contributed by atoms with Crippen LogP contribution < -0.4 is 5.73 Å². The summed E-state index contributed by atoms with van der Waals surface area (Å²) in [7, 11) is 0. The maximum Gasteiger partial charge on any atom is 0.181 e. The fourth-order valence-electron chi connectivity index (χ4n) is 1.50. The van der Waals surface area contributed by atoms with E-state index in [1.54, 1.807) is 12.1 Å². The summed E-state index contributed by atoms with van der Waals surface area (Å²) in [6.07, 6.45) is 0. The van der Waals surface area contributed by atoms with Gasteiger partial charge in [-0.3, -0.25) is 0 Å². The van der Waals surface area contributed by atoms with Crippen molar-refractivity contribution >= 4 is 26.7 Å². The second kappa shape index (κ2) is 3.13. The Morgan fingerprint density at radius 2 is 2.14 bits per heavy atom. The Kier molecular flexibility index (Phi) is 2.07. The predicted molar refractivity (Wildman–Crippen MR) is 59.8 cm³/mol. The van der Waals surface area contributed by atoms with Gasteiger partial charge in [0.05, 0.1) is 10.2 Å². The van der Waals surface area contributed by atoms with Crippen molar-refractivity contribution < 1.29 is 5.11 Å². The minimum absolute atomic E-state index is 0.282. The monoisotopic (exact) mass is 208 g/mol. The van der Waals surface area contributed by atoms with E-state index in [-0.39, 0.29) is 5.75 Å². The van der Waals surface area contributed by atoms with E-state index >= 15 is 0 Å². The van der Waals surface area contributed by atoms with E-state index in [1.807, 2.05) is 0 Å². The summed E-state index contributed by atoms with van der Waals surface area (Å²) in [4.78, 5) is 4.26. The van der Waals surface area contributed by atoms with Crippen molar-refractivity contribution in [1.29, 1.82) is 0 Å². The second-order valence-electron chi connectivity index (χ2n) is 3.59. The fourth-order valence-corrected chi connectivity index (χ4v) is 2.30. The van der Waals surface area contributed by atoms with Gasteiger partial charge in [0.15, 0.2) is 5.13 Å². The molecule has 0 aliphatic heterocycles. The zero-order chi connectivity index (χ0) is 10.3. The molecule has 0 amide bonds. The number of nitrogens with zero attached hydrogens (tertiary/aromatic N) is 1. The van der Waals surface area contributed by atoms with Crippen LogP contribution in [0.2, 0.25) is 0 Å². The number of hydrogen-bond donors (Lipinski definition) is 2. The van der Waals surface area contributed by atoms with E-state index in [9.17, 15) is 5.11 Å². The highest BCUT2D eigenvalue weighted by Gasteiger charge is 2.11. The Hall–Kier alpha value is -1.29. The lowest BCUT2D eigenvalue weighted by molar-refractivity contribution is 0.475. The summed E-state index contributed by atoms with van der Waals surface area (Å²) < 4.78 is 0.950. The molecule has 1 heterocycles. The number of fused-ring (bicyclic) bond motifs is 1. The molecule has 2 aromatic rings. The quantitative estimate of drug-likeness (QED) is 0.757. The van der Waals surface area contributed by atoms with Crippen LogP contribution in [0.4, 0.5) is 5.13 Å². The molecular formula is C10H12N2OS. The van der Waals surface area contributed by atoms with E-state index in [1.165, 1.54) is 11.3 Å². The third-order valence-corrected chi connectivity index (χ3v) is 2.98. The topological polar surface area (TPSA) is 59.1 Å². The average molecular weight is 208 g/mol. The van der Waals surface area contributed by atoms with E-state index in [2.05, 4.69) is 18.8 Å². The number of phenols is 1. The zero-order valence-electron chi connectivity index (χ0n) is 8.11. The first-order valence-electron chi connectivity index (χ1n) is 4.47. The van der Waals surface area contributed by atoms with Gasteiger partial charge in [0.1, 0.15) is 5.75 Å². The molecule has 0 spiro atoms. The van der Waals surface area contributed by atoms with Crippen LogP contribution in [-0.2, 0) is 0 Å². The number of anilines is 1. The summed E-state index contributed by atoms with van der Waals surface area (Å²) >= 11 is 1.40. The van der Waals surface area contributed by atoms with Gasteiger partial charge in [0.25, 0.3) is 0 Å². The van der Waals surface area contributed by atoms with Crippen LogP contribution in [0, 0.1) is 0 Å². The molecule has 0 unspecified atom stereocenters. The highest BCUT2D eigenvalue weighted by atomic mass is 32.1. The SMILES string of the molecule is CC(C)c1cc(O)cc2sc(N)nc12. The van der Waals surface area contributed by atoms with Crippen LogP contribution >= 0.6 is 11.3 Å². The predicted octanol–water partition coefficient (Wildman–Crippen LogP) is 2.71. The van der Waals surface area contributed by atoms with Gasteiger partial charge < -0.3 is 10.8 Å². The van der Waals surface area contributed by atoms with Crippen molar-refractivity contribution in [2.24, 2.45) is 0 Å². The lowest BCUT2D eigenvalue weighted by atomic mass is 10.0. The van der Waals surface area contributed by atoms with E-state index in [0.717, 1.165) is 15.8 Å². The highest BCUT2D eigenvalue weighted by Crippen LogP contribution is 2.33. The normalized spacial score (nSPS) is 11.4. The Bertz CT molecular complexity index is 476. The smallest absolute Gasteiger partial charge is 0.181 e. The summed E-state index contributed by atoms with van der Waals surface area (Å²) in [6, 6.07) is 3.46. The molecule has 1 aromatic carbocycles. The Morgan fingerprint density at radius 1 is 1.43 bits per heavy atom. The van der Waals surface area contributed by atoms with Crippen LogP contribution in [0.1, 0.15) is 25.3 Å². The van der Waals surface area contributed by atoms with E-state index < -0.39 is 0 Å². The van der Waals surface area contributed by atoms with Crippen LogP contribution in [-0.4, -0.2) is 10.1 Å². The summed E-state index contributed by atoms with van der Waals surface area (Å²) in [5, 5.41) is 10.1. The van der Waals surface area contributed by atoms with Crippen molar-refractivity contribution in [3.05, 3.63) is 17.7 Å². The molecule has 3 nitrogen and oxygen atoms in total. The maximum atomic E-state index is 9.51. The average Bonchev–Trinajstić information content (AvgIpc) is 2.42. The number of benzene rings is 1. The fraction of sp³-hybridized carbons (Fsp3) is 0.300. The number of nitrogens with two attached hydrogens (primary N) is 1. The number of aromatic hydroxyl groups is 1. The van der Waals surface area contributed by atoms with Crippen LogP contribution in [0.3, 0.4) is 0 Å². The van der Waals surface area contributed by atoms with Crippen LogP contribution in [0.5, 0.6) is 5.75 Å². The molecule has 0 radical (unpaired) electrons. The number of nitrogen functional groups attached to an aromatic ring is 1. The van der Waals surface area contributed by atoms with Crippen molar-refractivity contribution in [3.63, 3.8) is 0 Å². The zero-order valence-corrected chi connectivity index (χ0v) is 8.93. The van der Waals surface area contributed by atoms with Crippen molar-refractivity contribution in [3.8, 4) is 5.75 Å². The van der Waals surface area contributed by atoms with Crippen molar-refractivity contribution in [2.45, 2.75) is 19.8 Å². The minimum atomic E-state index is 0.282. The van der Waals surface area contributed by atoms with Gasteiger partial charge in [0, 0.05) is 0 Å². The first-order chi connectivity index (χ1) is 6.58. The van der Waals surface area contributed by atoms with Gasteiger partial charge in [-0.1, -0.05) is 25.2 Å². The number of hydrogen-bond acceptors (Lipinski definition) is 4. The molecule has 14 heavy (non-hydrogen) atoms. The van der Waals surface area contributed by atoms with E-state index in [0.29, 0.717) is 11.0 Å². The molecule has 74 valence electrons. The van der Waals surface area contributed by atoms with Gasteiger partial charge in [-0.2, -0.15) is 0 Å². The Balaban J connectivity index is 2.79. The van der Waals surface area contributed by atoms with Gasteiger partial charge in [0.2, 0.25) is 0 Å².